The highest BCUT2D eigenvalue weighted by atomic mass is 15.4. The van der Waals surface area contributed by atoms with Crippen LogP contribution < -0.4 is 21.3 Å². The van der Waals surface area contributed by atoms with Gasteiger partial charge in [-0.25, -0.2) is 0 Å². The van der Waals surface area contributed by atoms with E-state index in [0.29, 0.717) is 17.8 Å². The third-order valence-corrected chi connectivity index (χ3v) is 5.62. The lowest BCUT2D eigenvalue weighted by Crippen LogP contribution is -2.64. The molecule has 0 aliphatic carbocycles. The largest absolute Gasteiger partial charge is 0.330 e. The molecule has 4 N–H and O–H groups in total. The maximum Gasteiger partial charge on any atom is 0.233 e. The summed E-state index contributed by atoms with van der Waals surface area (Å²) in [6.07, 6.45) is 1.73. The minimum atomic E-state index is -0.198. The third kappa shape index (κ3) is 4.77. The standard InChI is InChI=1S/C24H31N7/c1-23(2)15-17(25)16-24(3,4)31(23)22-29-20(26-18-11-7-5-8-12-18)28-21(30-22)27-19-13-9-6-10-14-19/h5-14,17H,15-16,25H2,1-4H3,(H2,26,27,28,29,30). The molecule has 7 nitrogen and oxygen atoms in total. The second-order valence-corrected chi connectivity index (χ2v) is 9.39. The Bertz CT molecular complexity index is 941. The van der Waals surface area contributed by atoms with Gasteiger partial charge in [0.1, 0.15) is 0 Å². The fourth-order valence-electron chi connectivity index (χ4n) is 4.78. The number of rotatable bonds is 5. The third-order valence-electron chi connectivity index (χ3n) is 5.62. The van der Waals surface area contributed by atoms with Crippen molar-refractivity contribution in [3.63, 3.8) is 0 Å². The van der Waals surface area contributed by atoms with Gasteiger partial charge < -0.3 is 21.3 Å². The number of benzene rings is 2. The second kappa shape index (κ2) is 8.15. The molecule has 0 bridgehead atoms. The molecule has 4 rings (SSSR count). The molecule has 1 fully saturated rings. The number of anilines is 5. The van der Waals surface area contributed by atoms with Gasteiger partial charge in [-0.3, -0.25) is 0 Å². The van der Waals surface area contributed by atoms with E-state index in [9.17, 15) is 0 Å². The smallest absolute Gasteiger partial charge is 0.233 e. The van der Waals surface area contributed by atoms with Crippen molar-refractivity contribution in [3.05, 3.63) is 60.7 Å². The average molecular weight is 418 g/mol. The lowest BCUT2D eigenvalue weighted by Gasteiger charge is -2.54. The summed E-state index contributed by atoms with van der Waals surface area (Å²) in [7, 11) is 0. The summed E-state index contributed by atoms with van der Waals surface area (Å²) >= 11 is 0. The summed E-state index contributed by atoms with van der Waals surface area (Å²) in [6, 6.07) is 20.0. The number of nitrogens with two attached hydrogens (primary N) is 1. The Morgan fingerprint density at radius 2 is 1.16 bits per heavy atom. The lowest BCUT2D eigenvalue weighted by molar-refractivity contribution is 0.216. The van der Waals surface area contributed by atoms with Crippen molar-refractivity contribution >= 4 is 29.2 Å². The number of piperidine rings is 1. The molecule has 31 heavy (non-hydrogen) atoms. The van der Waals surface area contributed by atoms with Crippen LogP contribution in [0.5, 0.6) is 0 Å². The lowest BCUT2D eigenvalue weighted by atomic mass is 9.77. The van der Waals surface area contributed by atoms with Gasteiger partial charge in [0, 0.05) is 28.5 Å². The van der Waals surface area contributed by atoms with Crippen LogP contribution in [0.25, 0.3) is 0 Å². The first-order valence-electron chi connectivity index (χ1n) is 10.7. The second-order valence-electron chi connectivity index (χ2n) is 9.39. The molecule has 1 saturated heterocycles. The van der Waals surface area contributed by atoms with Crippen LogP contribution >= 0.6 is 0 Å². The molecular formula is C24H31N7. The molecular weight excluding hydrogens is 386 g/mol. The number of aromatic nitrogens is 3. The van der Waals surface area contributed by atoms with Gasteiger partial charge in [-0.15, -0.1) is 0 Å². The van der Waals surface area contributed by atoms with Gasteiger partial charge in [0.05, 0.1) is 0 Å². The summed E-state index contributed by atoms with van der Waals surface area (Å²) < 4.78 is 0. The zero-order valence-electron chi connectivity index (χ0n) is 18.6. The Kier molecular flexibility index (Phi) is 5.54. The van der Waals surface area contributed by atoms with E-state index in [1.165, 1.54) is 0 Å². The molecule has 1 aromatic heterocycles. The van der Waals surface area contributed by atoms with Gasteiger partial charge in [-0.05, 0) is 64.8 Å². The van der Waals surface area contributed by atoms with Crippen LogP contribution in [-0.2, 0) is 0 Å². The van der Waals surface area contributed by atoms with E-state index in [4.69, 9.17) is 15.7 Å². The first-order valence-corrected chi connectivity index (χ1v) is 10.7. The number of hydrogen-bond acceptors (Lipinski definition) is 7. The first kappa shape index (κ1) is 21.1. The van der Waals surface area contributed by atoms with Gasteiger partial charge in [0.25, 0.3) is 0 Å². The van der Waals surface area contributed by atoms with E-state index in [0.717, 1.165) is 24.2 Å². The average Bonchev–Trinajstić information content (AvgIpc) is 2.67. The number of hydrogen-bond donors (Lipinski definition) is 3. The zero-order chi connectivity index (χ0) is 22.1. The van der Waals surface area contributed by atoms with Crippen LogP contribution in [0.4, 0.5) is 29.2 Å². The van der Waals surface area contributed by atoms with Gasteiger partial charge >= 0.3 is 0 Å². The Morgan fingerprint density at radius 3 is 1.58 bits per heavy atom. The summed E-state index contributed by atoms with van der Waals surface area (Å²) in [5.74, 6) is 1.63. The van der Waals surface area contributed by atoms with E-state index in [-0.39, 0.29) is 17.1 Å². The van der Waals surface area contributed by atoms with Crippen molar-refractivity contribution in [1.29, 1.82) is 0 Å². The quantitative estimate of drug-likeness (QED) is 0.547. The minimum absolute atomic E-state index is 0.145. The van der Waals surface area contributed by atoms with Gasteiger partial charge in [-0.1, -0.05) is 36.4 Å². The summed E-state index contributed by atoms with van der Waals surface area (Å²) in [6.45, 7) is 8.80. The summed E-state index contributed by atoms with van der Waals surface area (Å²) in [4.78, 5) is 16.6. The summed E-state index contributed by atoms with van der Waals surface area (Å²) in [5, 5.41) is 6.64. The molecule has 0 radical (unpaired) electrons. The van der Waals surface area contributed by atoms with Gasteiger partial charge in [0.2, 0.25) is 17.8 Å². The van der Waals surface area contributed by atoms with E-state index in [2.05, 4.69) is 48.2 Å². The van der Waals surface area contributed by atoms with Gasteiger partial charge in [-0.2, -0.15) is 15.0 Å². The highest BCUT2D eigenvalue weighted by Gasteiger charge is 2.46. The topological polar surface area (TPSA) is 92.0 Å². The van der Waals surface area contributed by atoms with E-state index in [1.54, 1.807) is 0 Å². The van der Waals surface area contributed by atoms with E-state index < -0.39 is 0 Å². The van der Waals surface area contributed by atoms with Crippen LogP contribution in [-0.4, -0.2) is 32.1 Å². The number of nitrogens with zero attached hydrogens (tertiary/aromatic N) is 4. The van der Waals surface area contributed by atoms with Crippen LogP contribution in [0, 0.1) is 0 Å². The van der Waals surface area contributed by atoms with Crippen LogP contribution in [0.1, 0.15) is 40.5 Å². The molecule has 0 amide bonds. The monoisotopic (exact) mass is 417 g/mol. The van der Waals surface area contributed by atoms with E-state index >= 15 is 0 Å². The molecule has 0 atom stereocenters. The van der Waals surface area contributed by atoms with Crippen LogP contribution in [0.2, 0.25) is 0 Å². The molecule has 1 aliphatic rings. The summed E-state index contributed by atoms with van der Waals surface area (Å²) in [5.41, 5.74) is 7.83. The Morgan fingerprint density at radius 1 is 0.742 bits per heavy atom. The Balaban J connectivity index is 1.77. The molecule has 3 aromatic rings. The fraction of sp³-hybridized carbons (Fsp3) is 0.375. The molecule has 2 heterocycles. The van der Waals surface area contributed by atoms with Gasteiger partial charge in [0.15, 0.2) is 0 Å². The molecule has 0 unspecified atom stereocenters. The SMILES string of the molecule is CC1(C)CC(N)CC(C)(C)N1c1nc(Nc2ccccc2)nc(Nc2ccccc2)n1. The van der Waals surface area contributed by atoms with Crippen molar-refractivity contribution in [2.45, 2.75) is 57.7 Å². The Hall–Kier alpha value is -3.19. The molecule has 162 valence electrons. The highest BCUT2D eigenvalue weighted by Crippen LogP contribution is 2.40. The molecule has 0 saturated carbocycles. The minimum Gasteiger partial charge on any atom is -0.330 e. The maximum absolute atomic E-state index is 6.39. The molecule has 2 aromatic carbocycles. The van der Waals surface area contributed by atoms with Crippen molar-refractivity contribution in [2.24, 2.45) is 5.73 Å². The highest BCUT2D eigenvalue weighted by molar-refractivity contribution is 5.60. The number of nitrogens with one attached hydrogen (secondary N) is 2. The predicted octanol–water partition coefficient (Wildman–Crippen LogP) is 4.84. The van der Waals surface area contributed by atoms with Crippen LogP contribution in [0.3, 0.4) is 0 Å². The fourth-order valence-corrected chi connectivity index (χ4v) is 4.78. The Labute approximate surface area is 184 Å². The van der Waals surface area contributed by atoms with Crippen molar-refractivity contribution in [2.75, 3.05) is 15.5 Å². The normalized spacial score (nSPS) is 17.9. The molecule has 0 spiro atoms. The zero-order valence-corrected chi connectivity index (χ0v) is 18.6. The van der Waals surface area contributed by atoms with Crippen LogP contribution in [0.15, 0.2) is 60.7 Å². The number of para-hydroxylation sites is 2. The maximum atomic E-state index is 6.39. The first-order chi connectivity index (χ1) is 14.7. The molecule has 1 aliphatic heterocycles. The predicted molar refractivity (Wildman–Crippen MR) is 127 cm³/mol. The van der Waals surface area contributed by atoms with Crippen molar-refractivity contribution < 1.29 is 0 Å². The van der Waals surface area contributed by atoms with Crippen molar-refractivity contribution in [1.82, 2.24) is 15.0 Å². The van der Waals surface area contributed by atoms with Crippen molar-refractivity contribution in [3.8, 4) is 0 Å². The molecule has 7 heteroatoms. The van der Waals surface area contributed by atoms with E-state index in [1.807, 2.05) is 60.7 Å².